The zero-order chi connectivity index (χ0) is 16.0. The molecule has 23 heavy (non-hydrogen) atoms. The molecule has 1 atom stereocenters. The maximum Gasteiger partial charge on any atom is 0.123 e. The molecule has 1 aliphatic rings. The molecular formula is C20H16O3. The van der Waals surface area contributed by atoms with Crippen molar-refractivity contribution in [2.75, 3.05) is 0 Å². The highest BCUT2D eigenvalue weighted by atomic mass is 16.3. The van der Waals surface area contributed by atoms with Crippen LogP contribution in [0.3, 0.4) is 0 Å². The third-order valence-corrected chi connectivity index (χ3v) is 4.50. The summed E-state index contributed by atoms with van der Waals surface area (Å²) in [6, 6.07) is 18.6. The van der Waals surface area contributed by atoms with E-state index in [1.54, 1.807) is 6.07 Å². The Hall–Kier alpha value is -2.62. The molecule has 3 N–H and O–H groups in total. The lowest BCUT2D eigenvalue weighted by atomic mass is 9.91. The minimum Gasteiger partial charge on any atom is -0.507 e. The molecule has 1 unspecified atom stereocenters. The van der Waals surface area contributed by atoms with E-state index in [-0.39, 0.29) is 12.4 Å². The fourth-order valence-corrected chi connectivity index (χ4v) is 3.45. The van der Waals surface area contributed by atoms with E-state index in [1.807, 2.05) is 54.6 Å². The summed E-state index contributed by atoms with van der Waals surface area (Å²) < 4.78 is 0. The molecular weight excluding hydrogens is 288 g/mol. The summed E-state index contributed by atoms with van der Waals surface area (Å²) in [7, 11) is 0. The smallest absolute Gasteiger partial charge is 0.123 e. The van der Waals surface area contributed by atoms with E-state index >= 15 is 0 Å². The topological polar surface area (TPSA) is 60.7 Å². The summed E-state index contributed by atoms with van der Waals surface area (Å²) in [5, 5.41) is 30.9. The molecule has 3 aromatic carbocycles. The Balaban J connectivity index is 2.05. The molecule has 0 bridgehead atoms. The summed E-state index contributed by atoms with van der Waals surface area (Å²) in [5.74, 6) is 0.108. The molecule has 0 saturated carbocycles. The molecule has 4 rings (SSSR count). The Morgan fingerprint density at radius 1 is 0.783 bits per heavy atom. The lowest BCUT2D eigenvalue weighted by Crippen LogP contribution is -1.99. The zero-order valence-electron chi connectivity index (χ0n) is 12.4. The Kier molecular flexibility index (Phi) is 3.18. The lowest BCUT2D eigenvalue weighted by Gasteiger charge is -2.16. The van der Waals surface area contributed by atoms with Gasteiger partial charge in [-0.05, 0) is 33.9 Å². The summed E-state index contributed by atoms with van der Waals surface area (Å²) in [5.41, 5.74) is 5.51. The molecule has 0 aromatic heterocycles. The van der Waals surface area contributed by atoms with E-state index in [4.69, 9.17) is 0 Å². The molecule has 114 valence electrons. The van der Waals surface area contributed by atoms with Crippen LogP contribution in [0.5, 0.6) is 5.75 Å². The third kappa shape index (κ3) is 1.98. The predicted octanol–water partition coefficient (Wildman–Crippen LogP) is 3.61. The van der Waals surface area contributed by atoms with Crippen LogP contribution in [-0.4, -0.2) is 15.3 Å². The van der Waals surface area contributed by atoms with Crippen molar-refractivity contribution in [3.63, 3.8) is 0 Å². The minimum atomic E-state index is -0.782. The molecule has 0 amide bonds. The van der Waals surface area contributed by atoms with Gasteiger partial charge < -0.3 is 15.3 Å². The summed E-state index contributed by atoms with van der Waals surface area (Å²) in [4.78, 5) is 0. The lowest BCUT2D eigenvalue weighted by molar-refractivity contribution is 0.225. The van der Waals surface area contributed by atoms with Crippen molar-refractivity contribution >= 4 is 0 Å². The molecule has 0 aliphatic heterocycles. The molecule has 0 spiro atoms. The maximum absolute atomic E-state index is 10.8. The molecule has 1 aliphatic carbocycles. The highest BCUT2D eigenvalue weighted by Crippen LogP contribution is 2.50. The first-order chi connectivity index (χ1) is 11.2. The van der Waals surface area contributed by atoms with Gasteiger partial charge in [-0.1, -0.05) is 54.6 Å². The standard InChI is InChI=1S/C20H16O3/c21-11-12-5-1-2-6-13(12)18-17(22)10-9-15-14-7-3-4-8-16(14)20(23)19(15)18/h1-10,20-23H,11H2. The van der Waals surface area contributed by atoms with E-state index in [0.29, 0.717) is 11.1 Å². The first kappa shape index (κ1) is 14.0. The van der Waals surface area contributed by atoms with Crippen LogP contribution in [0.25, 0.3) is 22.3 Å². The van der Waals surface area contributed by atoms with Crippen LogP contribution in [0.4, 0.5) is 0 Å². The van der Waals surface area contributed by atoms with E-state index in [1.165, 1.54) is 0 Å². The second-order valence-electron chi connectivity index (χ2n) is 5.73. The Morgan fingerprint density at radius 2 is 1.48 bits per heavy atom. The van der Waals surface area contributed by atoms with Crippen LogP contribution >= 0.6 is 0 Å². The third-order valence-electron chi connectivity index (χ3n) is 4.50. The summed E-state index contributed by atoms with van der Waals surface area (Å²) in [6.07, 6.45) is -0.782. The van der Waals surface area contributed by atoms with Gasteiger partial charge in [-0.2, -0.15) is 0 Å². The second kappa shape index (κ2) is 5.23. The predicted molar refractivity (Wildman–Crippen MR) is 89.0 cm³/mol. The number of aromatic hydroxyl groups is 1. The van der Waals surface area contributed by atoms with Crippen molar-refractivity contribution < 1.29 is 15.3 Å². The van der Waals surface area contributed by atoms with Crippen molar-refractivity contribution in [1.29, 1.82) is 0 Å². The molecule has 0 heterocycles. The first-order valence-electron chi connectivity index (χ1n) is 7.54. The van der Waals surface area contributed by atoms with E-state index in [0.717, 1.165) is 27.8 Å². The number of aliphatic hydroxyl groups excluding tert-OH is 2. The number of hydrogen-bond acceptors (Lipinski definition) is 3. The van der Waals surface area contributed by atoms with Crippen molar-refractivity contribution in [2.24, 2.45) is 0 Å². The molecule has 3 nitrogen and oxygen atoms in total. The molecule has 3 heteroatoms. The number of rotatable bonds is 2. The van der Waals surface area contributed by atoms with Gasteiger partial charge in [0.1, 0.15) is 11.9 Å². The number of phenolic OH excluding ortho intramolecular Hbond substituents is 1. The largest absolute Gasteiger partial charge is 0.507 e. The van der Waals surface area contributed by atoms with Crippen LogP contribution in [0.15, 0.2) is 60.7 Å². The number of phenols is 1. The monoisotopic (exact) mass is 304 g/mol. The van der Waals surface area contributed by atoms with Crippen molar-refractivity contribution in [1.82, 2.24) is 0 Å². The van der Waals surface area contributed by atoms with Crippen molar-refractivity contribution in [2.45, 2.75) is 12.7 Å². The van der Waals surface area contributed by atoms with Gasteiger partial charge in [0.2, 0.25) is 0 Å². The quantitative estimate of drug-likeness (QED) is 0.678. The van der Waals surface area contributed by atoms with Gasteiger partial charge in [0.15, 0.2) is 0 Å². The van der Waals surface area contributed by atoms with E-state index in [2.05, 4.69) is 0 Å². The van der Waals surface area contributed by atoms with Gasteiger partial charge in [-0.3, -0.25) is 0 Å². The fraction of sp³-hybridized carbons (Fsp3) is 0.100. The van der Waals surface area contributed by atoms with Crippen molar-refractivity contribution in [3.05, 3.63) is 77.4 Å². The summed E-state index contributed by atoms with van der Waals surface area (Å²) >= 11 is 0. The normalized spacial score (nSPS) is 15.3. The SMILES string of the molecule is OCc1ccccc1-c1c(O)ccc2c1C(O)c1ccccc1-2. The molecule has 0 saturated heterocycles. The fourth-order valence-electron chi connectivity index (χ4n) is 3.45. The van der Waals surface area contributed by atoms with Gasteiger partial charge in [0.05, 0.1) is 6.61 Å². The van der Waals surface area contributed by atoms with Gasteiger partial charge in [0, 0.05) is 11.1 Å². The highest BCUT2D eigenvalue weighted by molar-refractivity contribution is 5.89. The molecule has 3 aromatic rings. The maximum atomic E-state index is 10.8. The highest BCUT2D eigenvalue weighted by Gasteiger charge is 2.31. The van der Waals surface area contributed by atoms with Gasteiger partial charge in [-0.15, -0.1) is 0 Å². The average Bonchev–Trinajstić information content (AvgIpc) is 2.88. The van der Waals surface area contributed by atoms with Crippen LogP contribution < -0.4 is 0 Å². The summed E-state index contributed by atoms with van der Waals surface area (Å²) in [6.45, 7) is -0.123. The Morgan fingerprint density at radius 3 is 2.26 bits per heavy atom. The molecule has 0 fully saturated rings. The van der Waals surface area contributed by atoms with E-state index in [9.17, 15) is 15.3 Å². The Bertz CT molecular complexity index is 899. The zero-order valence-corrected chi connectivity index (χ0v) is 12.4. The van der Waals surface area contributed by atoms with Gasteiger partial charge in [-0.25, -0.2) is 0 Å². The molecule has 0 radical (unpaired) electrons. The van der Waals surface area contributed by atoms with E-state index < -0.39 is 6.10 Å². The van der Waals surface area contributed by atoms with Crippen molar-refractivity contribution in [3.8, 4) is 28.0 Å². The van der Waals surface area contributed by atoms with Gasteiger partial charge >= 0.3 is 0 Å². The number of hydrogen-bond donors (Lipinski definition) is 3. The van der Waals surface area contributed by atoms with Crippen LogP contribution in [0.1, 0.15) is 22.8 Å². The number of benzene rings is 3. The number of fused-ring (bicyclic) bond motifs is 3. The average molecular weight is 304 g/mol. The van der Waals surface area contributed by atoms with Crippen LogP contribution in [0.2, 0.25) is 0 Å². The number of aliphatic hydroxyl groups is 2. The van der Waals surface area contributed by atoms with Crippen LogP contribution in [-0.2, 0) is 6.61 Å². The second-order valence-corrected chi connectivity index (χ2v) is 5.73. The Labute approximate surface area is 134 Å². The first-order valence-corrected chi connectivity index (χ1v) is 7.54. The minimum absolute atomic E-state index is 0.108. The van der Waals surface area contributed by atoms with Crippen LogP contribution in [0, 0.1) is 0 Å². The van der Waals surface area contributed by atoms with Gasteiger partial charge in [0.25, 0.3) is 0 Å².